The highest BCUT2D eigenvalue weighted by Gasteiger charge is 2.17. The SMILES string of the molecule is CN(CC(=O)NCCc1cccc(Cl)c1)CC1COCCO1. The number of hydrogen-bond donors (Lipinski definition) is 1. The molecule has 1 aliphatic heterocycles. The van der Waals surface area contributed by atoms with E-state index in [0.29, 0.717) is 39.5 Å². The number of nitrogens with zero attached hydrogens (tertiary/aromatic N) is 1. The Morgan fingerprint density at radius 2 is 2.32 bits per heavy atom. The van der Waals surface area contributed by atoms with Crippen LogP contribution in [0.1, 0.15) is 5.56 Å². The molecular formula is C16H23ClN2O3. The molecule has 22 heavy (non-hydrogen) atoms. The largest absolute Gasteiger partial charge is 0.376 e. The number of rotatable bonds is 7. The summed E-state index contributed by atoms with van der Waals surface area (Å²) in [7, 11) is 1.91. The molecule has 0 radical (unpaired) electrons. The van der Waals surface area contributed by atoms with Gasteiger partial charge in [-0.2, -0.15) is 0 Å². The van der Waals surface area contributed by atoms with Gasteiger partial charge in [0.05, 0.1) is 32.5 Å². The molecular weight excluding hydrogens is 304 g/mol. The Balaban J connectivity index is 1.62. The van der Waals surface area contributed by atoms with Crippen molar-refractivity contribution in [2.75, 3.05) is 46.5 Å². The van der Waals surface area contributed by atoms with Gasteiger partial charge in [0, 0.05) is 18.1 Å². The fourth-order valence-electron chi connectivity index (χ4n) is 2.39. The van der Waals surface area contributed by atoms with Gasteiger partial charge in [-0.05, 0) is 31.2 Å². The molecule has 5 nitrogen and oxygen atoms in total. The Hall–Kier alpha value is -1.14. The first-order valence-electron chi connectivity index (χ1n) is 7.52. The molecule has 1 amide bonds. The first-order valence-corrected chi connectivity index (χ1v) is 7.90. The Morgan fingerprint density at radius 3 is 3.05 bits per heavy atom. The molecule has 1 heterocycles. The molecule has 2 rings (SSSR count). The fraction of sp³-hybridized carbons (Fsp3) is 0.562. The molecule has 1 N–H and O–H groups in total. The van der Waals surface area contributed by atoms with Gasteiger partial charge in [0.2, 0.25) is 5.91 Å². The summed E-state index contributed by atoms with van der Waals surface area (Å²) in [6.45, 7) is 3.54. The van der Waals surface area contributed by atoms with Gasteiger partial charge < -0.3 is 14.8 Å². The van der Waals surface area contributed by atoms with E-state index in [4.69, 9.17) is 21.1 Å². The van der Waals surface area contributed by atoms with Crippen molar-refractivity contribution in [2.45, 2.75) is 12.5 Å². The first-order chi connectivity index (χ1) is 10.6. The molecule has 0 aromatic heterocycles. The van der Waals surface area contributed by atoms with Crippen LogP contribution in [-0.4, -0.2) is 63.4 Å². The molecule has 1 aliphatic rings. The van der Waals surface area contributed by atoms with Crippen molar-refractivity contribution in [3.05, 3.63) is 34.9 Å². The van der Waals surface area contributed by atoms with Gasteiger partial charge in [0.15, 0.2) is 0 Å². The Labute approximate surface area is 136 Å². The van der Waals surface area contributed by atoms with Crippen LogP contribution in [0.2, 0.25) is 5.02 Å². The first kappa shape index (κ1) is 17.2. The monoisotopic (exact) mass is 326 g/mol. The zero-order valence-electron chi connectivity index (χ0n) is 12.9. The number of likely N-dealkylation sites (N-methyl/N-ethyl adjacent to an activating group) is 1. The Morgan fingerprint density at radius 1 is 1.45 bits per heavy atom. The summed E-state index contributed by atoms with van der Waals surface area (Å²) < 4.78 is 10.9. The van der Waals surface area contributed by atoms with E-state index in [2.05, 4.69) is 5.32 Å². The zero-order chi connectivity index (χ0) is 15.8. The summed E-state index contributed by atoms with van der Waals surface area (Å²) in [5.74, 6) is 0.0151. The molecule has 6 heteroatoms. The van der Waals surface area contributed by atoms with Crippen LogP contribution >= 0.6 is 11.6 Å². The lowest BCUT2D eigenvalue weighted by molar-refractivity contribution is -0.124. The lowest BCUT2D eigenvalue weighted by Crippen LogP contribution is -2.42. The van der Waals surface area contributed by atoms with Crippen LogP contribution in [0.15, 0.2) is 24.3 Å². The van der Waals surface area contributed by atoms with Gasteiger partial charge in [0.25, 0.3) is 0 Å². The molecule has 1 saturated heterocycles. The van der Waals surface area contributed by atoms with Crippen molar-refractivity contribution < 1.29 is 14.3 Å². The average Bonchev–Trinajstić information content (AvgIpc) is 2.48. The van der Waals surface area contributed by atoms with Crippen molar-refractivity contribution in [2.24, 2.45) is 0 Å². The summed E-state index contributed by atoms with van der Waals surface area (Å²) in [6, 6.07) is 7.68. The molecule has 1 fully saturated rings. The number of hydrogen-bond acceptors (Lipinski definition) is 4. The summed E-state index contributed by atoms with van der Waals surface area (Å²) in [5, 5.41) is 3.64. The topological polar surface area (TPSA) is 50.8 Å². The van der Waals surface area contributed by atoms with Crippen LogP contribution in [0, 0.1) is 0 Å². The van der Waals surface area contributed by atoms with E-state index in [-0.39, 0.29) is 12.0 Å². The van der Waals surface area contributed by atoms with Gasteiger partial charge in [0.1, 0.15) is 0 Å². The molecule has 0 spiro atoms. The van der Waals surface area contributed by atoms with Crippen LogP contribution in [0.3, 0.4) is 0 Å². The van der Waals surface area contributed by atoms with Gasteiger partial charge in [-0.3, -0.25) is 9.69 Å². The Kier molecular flexibility index (Phi) is 7.12. The minimum Gasteiger partial charge on any atom is -0.376 e. The van der Waals surface area contributed by atoms with Crippen LogP contribution < -0.4 is 5.32 Å². The van der Waals surface area contributed by atoms with E-state index in [9.17, 15) is 4.79 Å². The van der Waals surface area contributed by atoms with Gasteiger partial charge in [-0.25, -0.2) is 0 Å². The predicted molar refractivity (Wildman–Crippen MR) is 86.2 cm³/mol. The number of amides is 1. The highest BCUT2D eigenvalue weighted by atomic mass is 35.5. The van der Waals surface area contributed by atoms with Gasteiger partial charge >= 0.3 is 0 Å². The molecule has 1 unspecified atom stereocenters. The molecule has 0 aliphatic carbocycles. The molecule has 1 atom stereocenters. The minimum absolute atomic E-state index is 0.0151. The van der Waals surface area contributed by atoms with E-state index in [1.807, 2.05) is 36.2 Å². The second kappa shape index (κ2) is 9.10. The highest BCUT2D eigenvalue weighted by molar-refractivity contribution is 6.30. The maximum absolute atomic E-state index is 11.9. The second-order valence-corrected chi connectivity index (χ2v) is 5.93. The van der Waals surface area contributed by atoms with Crippen molar-refractivity contribution in [3.63, 3.8) is 0 Å². The summed E-state index contributed by atoms with van der Waals surface area (Å²) in [6.07, 6.45) is 0.827. The number of ether oxygens (including phenoxy) is 2. The van der Waals surface area contributed by atoms with E-state index in [1.165, 1.54) is 0 Å². The maximum atomic E-state index is 11.9. The zero-order valence-corrected chi connectivity index (χ0v) is 13.6. The molecule has 0 saturated carbocycles. The third-order valence-corrected chi connectivity index (χ3v) is 3.67. The Bertz CT molecular complexity index is 478. The predicted octanol–water partition coefficient (Wildman–Crippen LogP) is 1.35. The number of benzene rings is 1. The standard InChI is InChI=1S/C16H23ClN2O3/c1-19(10-15-12-21-7-8-22-15)11-16(20)18-6-5-13-3-2-4-14(17)9-13/h2-4,9,15H,5-8,10-12H2,1H3,(H,18,20). The average molecular weight is 327 g/mol. The molecule has 1 aromatic carbocycles. The van der Waals surface area contributed by atoms with E-state index >= 15 is 0 Å². The van der Waals surface area contributed by atoms with E-state index in [1.54, 1.807) is 0 Å². The third-order valence-electron chi connectivity index (χ3n) is 3.44. The van der Waals surface area contributed by atoms with Crippen LogP contribution in [-0.2, 0) is 20.7 Å². The summed E-state index contributed by atoms with van der Waals surface area (Å²) in [5.41, 5.74) is 1.12. The van der Waals surface area contributed by atoms with Gasteiger partial charge in [-0.1, -0.05) is 23.7 Å². The van der Waals surface area contributed by atoms with Crippen LogP contribution in [0.4, 0.5) is 0 Å². The van der Waals surface area contributed by atoms with Crippen molar-refractivity contribution >= 4 is 17.5 Å². The molecule has 1 aromatic rings. The smallest absolute Gasteiger partial charge is 0.234 e. The lowest BCUT2D eigenvalue weighted by Gasteiger charge is -2.27. The van der Waals surface area contributed by atoms with Crippen molar-refractivity contribution in [3.8, 4) is 0 Å². The maximum Gasteiger partial charge on any atom is 0.234 e. The van der Waals surface area contributed by atoms with E-state index in [0.717, 1.165) is 17.0 Å². The fourth-order valence-corrected chi connectivity index (χ4v) is 2.61. The normalized spacial score (nSPS) is 18.4. The third kappa shape index (κ3) is 6.32. The number of nitrogens with one attached hydrogen (secondary N) is 1. The summed E-state index contributed by atoms with van der Waals surface area (Å²) >= 11 is 5.93. The highest BCUT2D eigenvalue weighted by Crippen LogP contribution is 2.10. The lowest BCUT2D eigenvalue weighted by atomic mass is 10.1. The van der Waals surface area contributed by atoms with Crippen molar-refractivity contribution in [1.29, 1.82) is 0 Å². The van der Waals surface area contributed by atoms with Crippen LogP contribution in [0.25, 0.3) is 0 Å². The minimum atomic E-state index is 0.0151. The number of carbonyl (C=O) groups is 1. The van der Waals surface area contributed by atoms with Crippen LogP contribution in [0.5, 0.6) is 0 Å². The number of carbonyl (C=O) groups excluding carboxylic acids is 1. The molecule has 0 bridgehead atoms. The second-order valence-electron chi connectivity index (χ2n) is 5.49. The quantitative estimate of drug-likeness (QED) is 0.821. The van der Waals surface area contributed by atoms with Gasteiger partial charge in [-0.15, -0.1) is 0 Å². The number of halogens is 1. The molecule has 122 valence electrons. The van der Waals surface area contributed by atoms with Crippen molar-refractivity contribution in [1.82, 2.24) is 10.2 Å². The van der Waals surface area contributed by atoms with E-state index < -0.39 is 0 Å². The summed E-state index contributed by atoms with van der Waals surface area (Å²) in [4.78, 5) is 13.9.